The maximum absolute atomic E-state index is 13.1. The lowest BCUT2D eigenvalue weighted by Crippen LogP contribution is -2.25. The molecule has 0 saturated carbocycles. The molecule has 0 aromatic heterocycles. The van der Waals surface area contributed by atoms with Crippen LogP contribution in [0.5, 0.6) is 0 Å². The number of aryl methyl sites for hydroxylation is 1. The highest BCUT2D eigenvalue weighted by molar-refractivity contribution is 6.30. The van der Waals surface area contributed by atoms with Crippen molar-refractivity contribution < 1.29 is 4.39 Å². The Morgan fingerprint density at radius 1 is 1.10 bits per heavy atom. The van der Waals surface area contributed by atoms with Crippen LogP contribution in [0.15, 0.2) is 42.5 Å². The van der Waals surface area contributed by atoms with Crippen LogP contribution >= 0.6 is 11.6 Å². The van der Waals surface area contributed by atoms with Crippen molar-refractivity contribution in [1.82, 2.24) is 5.32 Å². The smallest absolute Gasteiger partial charge is 0.123 e. The molecular weight excluding hydrogens is 285 g/mol. The van der Waals surface area contributed by atoms with Crippen molar-refractivity contribution in [2.45, 2.75) is 33.4 Å². The first-order valence-corrected chi connectivity index (χ1v) is 7.59. The van der Waals surface area contributed by atoms with E-state index >= 15 is 0 Å². The first-order valence-electron chi connectivity index (χ1n) is 7.21. The first kappa shape index (κ1) is 16.0. The Hall–Kier alpha value is -1.38. The number of rotatable bonds is 5. The molecule has 112 valence electrons. The van der Waals surface area contributed by atoms with Crippen molar-refractivity contribution in [3.8, 4) is 0 Å². The minimum atomic E-state index is -0.186. The van der Waals surface area contributed by atoms with Crippen molar-refractivity contribution >= 4 is 11.6 Å². The average molecular weight is 306 g/mol. The molecule has 1 atom stereocenters. The summed E-state index contributed by atoms with van der Waals surface area (Å²) >= 11 is 5.95. The van der Waals surface area contributed by atoms with Gasteiger partial charge >= 0.3 is 0 Å². The van der Waals surface area contributed by atoms with E-state index in [4.69, 9.17) is 11.6 Å². The summed E-state index contributed by atoms with van der Waals surface area (Å²) in [7, 11) is 0. The van der Waals surface area contributed by atoms with Crippen molar-refractivity contribution in [3.63, 3.8) is 0 Å². The zero-order chi connectivity index (χ0) is 15.4. The van der Waals surface area contributed by atoms with Crippen molar-refractivity contribution in [2.75, 3.05) is 0 Å². The molecule has 1 N–H and O–H groups in total. The predicted molar refractivity (Wildman–Crippen MR) is 87.0 cm³/mol. The van der Waals surface area contributed by atoms with Gasteiger partial charge in [0, 0.05) is 17.6 Å². The standard InChI is InChI=1S/C18H21ClFN/c1-12(2)18(14-4-7-16(19)8-5-14)21-11-15-6-9-17(20)10-13(15)3/h4-10,12,18,21H,11H2,1-3H3. The summed E-state index contributed by atoms with van der Waals surface area (Å²) < 4.78 is 13.1. The molecular formula is C18H21ClFN. The van der Waals surface area contributed by atoms with E-state index in [-0.39, 0.29) is 11.9 Å². The van der Waals surface area contributed by atoms with E-state index in [9.17, 15) is 4.39 Å². The van der Waals surface area contributed by atoms with Gasteiger partial charge in [0.25, 0.3) is 0 Å². The third kappa shape index (κ3) is 4.29. The lowest BCUT2D eigenvalue weighted by atomic mass is 9.95. The van der Waals surface area contributed by atoms with Gasteiger partial charge in [0.1, 0.15) is 5.82 Å². The van der Waals surface area contributed by atoms with Crippen LogP contribution in [0.3, 0.4) is 0 Å². The minimum Gasteiger partial charge on any atom is -0.306 e. The van der Waals surface area contributed by atoms with E-state index < -0.39 is 0 Å². The highest BCUT2D eigenvalue weighted by atomic mass is 35.5. The summed E-state index contributed by atoms with van der Waals surface area (Å²) in [6.07, 6.45) is 0. The zero-order valence-corrected chi connectivity index (χ0v) is 13.4. The minimum absolute atomic E-state index is 0.186. The van der Waals surface area contributed by atoms with Gasteiger partial charge in [-0.25, -0.2) is 4.39 Å². The molecule has 0 aliphatic carbocycles. The lowest BCUT2D eigenvalue weighted by molar-refractivity contribution is 0.410. The van der Waals surface area contributed by atoms with Crippen LogP contribution in [0.2, 0.25) is 5.02 Å². The molecule has 0 amide bonds. The van der Waals surface area contributed by atoms with E-state index in [2.05, 4.69) is 31.3 Å². The summed E-state index contributed by atoms with van der Waals surface area (Å²) in [5, 5.41) is 4.31. The van der Waals surface area contributed by atoms with E-state index in [1.807, 2.05) is 25.1 Å². The Balaban J connectivity index is 2.12. The van der Waals surface area contributed by atoms with Gasteiger partial charge in [-0.3, -0.25) is 0 Å². The Morgan fingerprint density at radius 3 is 2.33 bits per heavy atom. The van der Waals surface area contributed by atoms with Gasteiger partial charge in [-0.2, -0.15) is 0 Å². The largest absolute Gasteiger partial charge is 0.306 e. The third-order valence-corrected chi connectivity index (χ3v) is 3.96. The van der Waals surface area contributed by atoms with Crippen molar-refractivity contribution in [2.24, 2.45) is 5.92 Å². The summed E-state index contributed by atoms with van der Waals surface area (Å²) in [4.78, 5) is 0. The van der Waals surface area contributed by atoms with Crippen LogP contribution < -0.4 is 5.32 Å². The fourth-order valence-corrected chi connectivity index (χ4v) is 2.61. The third-order valence-electron chi connectivity index (χ3n) is 3.71. The van der Waals surface area contributed by atoms with Crippen LogP contribution in [0.1, 0.15) is 36.6 Å². The topological polar surface area (TPSA) is 12.0 Å². The number of benzene rings is 2. The predicted octanol–water partition coefficient (Wildman–Crippen LogP) is 5.27. The average Bonchev–Trinajstić information content (AvgIpc) is 2.42. The fourth-order valence-electron chi connectivity index (χ4n) is 2.49. The molecule has 0 aliphatic rings. The maximum Gasteiger partial charge on any atom is 0.123 e. The van der Waals surface area contributed by atoms with Gasteiger partial charge in [-0.05, 0) is 53.8 Å². The van der Waals surface area contributed by atoms with E-state index in [1.54, 1.807) is 6.07 Å². The fraction of sp³-hybridized carbons (Fsp3) is 0.333. The molecule has 0 radical (unpaired) electrons. The van der Waals surface area contributed by atoms with Gasteiger partial charge in [-0.15, -0.1) is 0 Å². The molecule has 0 aliphatic heterocycles. The van der Waals surface area contributed by atoms with E-state index in [0.29, 0.717) is 5.92 Å². The SMILES string of the molecule is Cc1cc(F)ccc1CNC(c1ccc(Cl)cc1)C(C)C. The van der Waals surface area contributed by atoms with Gasteiger partial charge in [-0.1, -0.05) is 43.6 Å². The van der Waals surface area contributed by atoms with E-state index in [0.717, 1.165) is 22.7 Å². The van der Waals surface area contributed by atoms with Crippen LogP contribution in [0.25, 0.3) is 0 Å². The highest BCUT2D eigenvalue weighted by Crippen LogP contribution is 2.24. The number of halogens is 2. The molecule has 2 aromatic carbocycles. The molecule has 0 spiro atoms. The Bertz CT molecular complexity index is 593. The van der Waals surface area contributed by atoms with Crippen LogP contribution in [-0.4, -0.2) is 0 Å². The first-order chi connectivity index (χ1) is 9.97. The molecule has 1 nitrogen and oxygen atoms in total. The van der Waals surface area contributed by atoms with Crippen molar-refractivity contribution in [3.05, 3.63) is 70.0 Å². The monoisotopic (exact) mass is 305 g/mol. The van der Waals surface area contributed by atoms with Crippen LogP contribution in [0, 0.1) is 18.7 Å². The summed E-state index contributed by atoms with van der Waals surface area (Å²) in [5.41, 5.74) is 3.31. The summed E-state index contributed by atoms with van der Waals surface area (Å²) in [5.74, 6) is 0.265. The molecule has 0 bridgehead atoms. The van der Waals surface area contributed by atoms with Crippen LogP contribution in [0.4, 0.5) is 4.39 Å². The quantitative estimate of drug-likeness (QED) is 0.793. The summed E-state index contributed by atoms with van der Waals surface area (Å²) in [6.45, 7) is 7.03. The lowest BCUT2D eigenvalue weighted by Gasteiger charge is -2.23. The summed E-state index contributed by atoms with van der Waals surface area (Å²) in [6, 6.07) is 13.1. The van der Waals surface area contributed by atoms with Crippen molar-refractivity contribution in [1.29, 1.82) is 0 Å². The second-order valence-corrected chi connectivity index (χ2v) is 6.16. The van der Waals surface area contributed by atoms with Gasteiger partial charge < -0.3 is 5.32 Å². The Kier molecular flexibility index (Phi) is 5.38. The molecule has 0 fully saturated rings. The van der Waals surface area contributed by atoms with Crippen LogP contribution in [-0.2, 0) is 6.54 Å². The molecule has 2 aromatic rings. The second kappa shape index (κ2) is 7.06. The Labute approximate surface area is 131 Å². The van der Waals surface area contributed by atoms with Gasteiger partial charge in [0.05, 0.1) is 0 Å². The van der Waals surface area contributed by atoms with Gasteiger partial charge in [0.15, 0.2) is 0 Å². The maximum atomic E-state index is 13.1. The molecule has 3 heteroatoms. The number of hydrogen-bond acceptors (Lipinski definition) is 1. The molecule has 0 saturated heterocycles. The molecule has 1 unspecified atom stereocenters. The van der Waals surface area contributed by atoms with E-state index in [1.165, 1.54) is 11.6 Å². The Morgan fingerprint density at radius 2 is 1.76 bits per heavy atom. The number of hydrogen-bond donors (Lipinski definition) is 1. The highest BCUT2D eigenvalue weighted by Gasteiger charge is 2.15. The molecule has 21 heavy (non-hydrogen) atoms. The second-order valence-electron chi connectivity index (χ2n) is 5.72. The normalized spacial score (nSPS) is 12.7. The zero-order valence-electron chi connectivity index (χ0n) is 12.7. The molecule has 0 heterocycles. The van der Waals surface area contributed by atoms with Gasteiger partial charge in [0.2, 0.25) is 0 Å². The number of nitrogens with one attached hydrogen (secondary N) is 1. The molecule has 2 rings (SSSR count).